The molecule has 2 amide bonds. The van der Waals surface area contributed by atoms with Crippen molar-refractivity contribution in [2.45, 2.75) is 0 Å². The van der Waals surface area contributed by atoms with Gasteiger partial charge in [-0.1, -0.05) is 42.5 Å². The first-order valence-electron chi connectivity index (χ1n) is 5.50. The van der Waals surface area contributed by atoms with Crippen LogP contribution in [0.1, 0.15) is 5.56 Å². The number of nitrogens with zero attached hydrogens (tertiary/aromatic N) is 1. The summed E-state index contributed by atoms with van der Waals surface area (Å²) < 4.78 is 5.18. The van der Waals surface area contributed by atoms with Crippen LogP contribution in [0.3, 0.4) is 0 Å². The van der Waals surface area contributed by atoms with Gasteiger partial charge in [0.2, 0.25) is 0 Å². The second kappa shape index (κ2) is 5.75. The monoisotopic (exact) mass is 250 g/mol. The van der Waals surface area contributed by atoms with Gasteiger partial charge < -0.3 is 9.64 Å². The minimum atomic E-state index is -0.151. The Kier molecular flexibility index (Phi) is 4.06. The lowest BCUT2D eigenvalue weighted by Gasteiger charge is -2.27. The largest absolute Gasteiger partial charge is 0.378 e. The van der Waals surface area contributed by atoms with Crippen LogP contribution in [0.25, 0.3) is 0 Å². The molecule has 1 aromatic rings. The summed E-state index contributed by atoms with van der Waals surface area (Å²) in [5.41, 5.74) is 0.851. The minimum Gasteiger partial charge on any atom is -0.378 e. The van der Waals surface area contributed by atoms with E-state index in [0.29, 0.717) is 31.3 Å². The molecular weight excluding hydrogens is 236 g/mol. The molecule has 0 atom stereocenters. The van der Waals surface area contributed by atoms with Crippen molar-refractivity contribution in [2.24, 2.45) is 0 Å². The highest BCUT2D eigenvalue weighted by Crippen LogP contribution is 2.01. The Balaban J connectivity index is 1.92. The summed E-state index contributed by atoms with van der Waals surface area (Å²) in [6.07, 6.45) is 0. The smallest absolute Gasteiger partial charge is 0.322 e. The van der Waals surface area contributed by atoms with E-state index in [9.17, 15) is 4.79 Å². The van der Waals surface area contributed by atoms with Gasteiger partial charge in [0.25, 0.3) is 0 Å². The molecule has 1 saturated heterocycles. The van der Waals surface area contributed by atoms with Crippen molar-refractivity contribution in [3.63, 3.8) is 0 Å². The lowest BCUT2D eigenvalue weighted by molar-refractivity contribution is 0.0543. The molecule has 1 fully saturated rings. The van der Waals surface area contributed by atoms with Crippen LogP contribution in [0.5, 0.6) is 0 Å². The van der Waals surface area contributed by atoms with Crippen LogP contribution in [0.2, 0.25) is 0 Å². The van der Waals surface area contributed by atoms with Gasteiger partial charge in [-0.3, -0.25) is 5.32 Å². The minimum absolute atomic E-state index is 0.151. The molecule has 1 aliphatic heterocycles. The van der Waals surface area contributed by atoms with Crippen LogP contribution in [-0.2, 0) is 4.74 Å². The number of carbonyl (C=O) groups excluding carboxylic acids is 1. The van der Waals surface area contributed by atoms with Crippen LogP contribution in [0.4, 0.5) is 4.79 Å². The van der Waals surface area contributed by atoms with Gasteiger partial charge in [0.15, 0.2) is 0 Å². The molecule has 0 saturated carbocycles. The number of hydrogen-bond donors (Lipinski definition) is 1. The Morgan fingerprint density at radius 1 is 1.24 bits per heavy atom. The molecule has 1 aliphatic rings. The van der Waals surface area contributed by atoms with Gasteiger partial charge in [-0.05, 0) is 0 Å². The topological polar surface area (TPSA) is 41.6 Å². The lowest BCUT2D eigenvalue weighted by Crippen LogP contribution is -2.47. The van der Waals surface area contributed by atoms with Crippen molar-refractivity contribution in [1.82, 2.24) is 10.2 Å². The summed E-state index contributed by atoms with van der Waals surface area (Å²) in [5, 5.41) is 2.73. The second-order valence-electron chi connectivity index (χ2n) is 3.72. The Hall–Kier alpha value is -1.46. The number of morpholine rings is 1. The van der Waals surface area contributed by atoms with E-state index in [0.717, 1.165) is 5.56 Å². The van der Waals surface area contributed by atoms with E-state index in [2.05, 4.69) is 5.32 Å². The Morgan fingerprint density at radius 2 is 1.88 bits per heavy atom. The Bertz CT molecular complexity index is 402. The zero-order valence-corrected chi connectivity index (χ0v) is 10.2. The number of nitrogens with one attached hydrogen (secondary N) is 1. The van der Waals surface area contributed by atoms with Gasteiger partial charge >= 0.3 is 6.03 Å². The SMILES string of the molecule is O=C(NC(=S)c1ccccc1)N1CCOCC1. The quantitative estimate of drug-likeness (QED) is 0.766. The highest BCUT2D eigenvalue weighted by atomic mass is 32.1. The maximum atomic E-state index is 11.9. The fraction of sp³-hybridized carbons (Fsp3) is 0.333. The molecule has 17 heavy (non-hydrogen) atoms. The molecule has 1 aromatic carbocycles. The van der Waals surface area contributed by atoms with E-state index in [1.807, 2.05) is 30.3 Å². The van der Waals surface area contributed by atoms with Crippen molar-refractivity contribution in [1.29, 1.82) is 0 Å². The molecule has 0 unspecified atom stereocenters. The maximum absolute atomic E-state index is 11.9. The summed E-state index contributed by atoms with van der Waals surface area (Å²) in [5.74, 6) is 0. The number of carbonyl (C=O) groups is 1. The predicted octanol–water partition coefficient (Wildman–Crippen LogP) is 1.40. The average molecular weight is 250 g/mol. The van der Waals surface area contributed by atoms with Gasteiger partial charge in [-0.2, -0.15) is 0 Å². The molecule has 0 aliphatic carbocycles. The van der Waals surface area contributed by atoms with E-state index in [-0.39, 0.29) is 6.03 Å². The molecule has 0 bridgehead atoms. The first-order chi connectivity index (χ1) is 8.27. The average Bonchev–Trinajstić information content (AvgIpc) is 2.40. The molecule has 90 valence electrons. The van der Waals surface area contributed by atoms with E-state index in [1.165, 1.54) is 0 Å². The van der Waals surface area contributed by atoms with Crippen molar-refractivity contribution in [3.8, 4) is 0 Å². The zero-order chi connectivity index (χ0) is 12.1. The van der Waals surface area contributed by atoms with Gasteiger partial charge in [0, 0.05) is 18.7 Å². The molecule has 1 N–H and O–H groups in total. The molecule has 0 spiro atoms. The molecule has 2 rings (SSSR count). The highest BCUT2D eigenvalue weighted by molar-refractivity contribution is 7.80. The van der Waals surface area contributed by atoms with Crippen molar-refractivity contribution in [2.75, 3.05) is 26.3 Å². The first kappa shape index (κ1) is 12.0. The number of rotatable bonds is 1. The normalized spacial score (nSPS) is 15.4. The van der Waals surface area contributed by atoms with E-state index in [1.54, 1.807) is 4.90 Å². The summed E-state index contributed by atoms with van der Waals surface area (Å²) in [6, 6.07) is 9.30. The third-order valence-electron chi connectivity index (χ3n) is 2.55. The van der Waals surface area contributed by atoms with E-state index in [4.69, 9.17) is 17.0 Å². The lowest BCUT2D eigenvalue weighted by atomic mass is 10.2. The third kappa shape index (κ3) is 3.25. The molecule has 0 aromatic heterocycles. The summed E-state index contributed by atoms with van der Waals surface area (Å²) in [4.78, 5) is 14.0. The van der Waals surface area contributed by atoms with Gasteiger partial charge in [0.1, 0.15) is 4.99 Å². The standard InChI is InChI=1S/C12H14N2O2S/c15-12(14-6-8-16-9-7-14)13-11(17)10-4-2-1-3-5-10/h1-5H,6-9H2,(H,13,15,17). The zero-order valence-electron chi connectivity index (χ0n) is 9.39. The number of urea groups is 1. The predicted molar refractivity (Wildman–Crippen MR) is 69.1 cm³/mol. The number of amides is 2. The number of benzene rings is 1. The second-order valence-corrected chi connectivity index (χ2v) is 4.13. The van der Waals surface area contributed by atoms with Crippen LogP contribution < -0.4 is 5.32 Å². The van der Waals surface area contributed by atoms with Crippen LogP contribution in [0.15, 0.2) is 30.3 Å². The summed E-state index contributed by atoms with van der Waals surface area (Å²) in [7, 11) is 0. The fourth-order valence-electron chi connectivity index (χ4n) is 1.60. The number of ether oxygens (including phenoxy) is 1. The maximum Gasteiger partial charge on any atom is 0.322 e. The van der Waals surface area contributed by atoms with Crippen LogP contribution >= 0.6 is 12.2 Å². The summed E-state index contributed by atoms with van der Waals surface area (Å²) in [6.45, 7) is 2.41. The fourth-order valence-corrected chi connectivity index (χ4v) is 1.83. The summed E-state index contributed by atoms with van der Waals surface area (Å²) >= 11 is 5.18. The number of hydrogen-bond acceptors (Lipinski definition) is 3. The van der Waals surface area contributed by atoms with E-state index >= 15 is 0 Å². The van der Waals surface area contributed by atoms with Crippen molar-refractivity contribution >= 4 is 23.2 Å². The van der Waals surface area contributed by atoms with Crippen LogP contribution in [0, 0.1) is 0 Å². The Labute approximate surface area is 106 Å². The van der Waals surface area contributed by atoms with Crippen molar-refractivity contribution in [3.05, 3.63) is 35.9 Å². The molecule has 4 nitrogen and oxygen atoms in total. The highest BCUT2D eigenvalue weighted by Gasteiger charge is 2.17. The van der Waals surface area contributed by atoms with Gasteiger partial charge in [0.05, 0.1) is 13.2 Å². The molecular formula is C12H14N2O2S. The molecule has 0 radical (unpaired) electrons. The first-order valence-corrected chi connectivity index (χ1v) is 5.91. The van der Waals surface area contributed by atoms with E-state index < -0.39 is 0 Å². The van der Waals surface area contributed by atoms with Gasteiger partial charge in [-0.25, -0.2) is 4.79 Å². The Morgan fingerprint density at radius 3 is 2.53 bits per heavy atom. The van der Waals surface area contributed by atoms with Crippen molar-refractivity contribution < 1.29 is 9.53 Å². The van der Waals surface area contributed by atoms with Crippen LogP contribution in [-0.4, -0.2) is 42.2 Å². The third-order valence-corrected chi connectivity index (χ3v) is 2.89. The molecule has 5 heteroatoms. The van der Waals surface area contributed by atoms with Gasteiger partial charge in [-0.15, -0.1) is 0 Å². The molecule has 1 heterocycles. The number of thiocarbonyl (C=S) groups is 1.